The molecule has 128 valence electrons. The molecule has 1 aromatic carbocycles. The Bertz CT molecular complexity index is 963. The number of thiocarbonyl (C=S) groups is 1. The molecule has 0 spiro atoms. The maximum Gasteiger partial charge on any atom is 0.337 e. The Labute approximate surface area is 158 Å². The van der Waals surface area contributed by atoms with Crippen LogP contribution in [0.5, 0.6) is 0 Å². The number of nitrogens with one attached hydrogen (secondary N) is 1. The number of carboxylic acid groups (broad SMARTS) is 1. The van der Waals surface area contributed by atoms with E-state index in [0.717, 1.165) is 17.0 Å². The van der Waals surface area contributed by atoms with Crippen LogP contribution in [0.4, 0.5) is 0 Å². The first-order valence-electron chi connectivity index (χ1n) is 7.25. The number of carbonyl (C=O) groups excluding carboxylic acids is 1. The van der Waals surface area contributed by atoms with Gasteiger partial charge in [0.15, 0.2) is 0 Å². The van der Waals surface area contributed by atoms with Crippen molar-refractivity contribution < 1.29 is 14.7 Å². The van der Waals surface area contributed by atoms with Crippen LogP contribution in [0, 0.1) is 13.8 Å². The minimum atomic E-state index is -1.08. The second kappa shape index (κ2) is 6.67. The Morgan fingerprint density at radius 3 is 2.68 bits per heavy atom. The first kappa shape index (κ1) is 17.7. The van der Waals surface area contributed by atoms with Gasteiger partial charge in [0.25, 0.3) is 5.91 Å². The third-order valence-electron chi connectivity index (χ3n) is 3.84. The number of halogens is 1. The summed E-state index contributed by atoms with van der Waals surface area (Å²) in [6.45, 7) is 3.82. The second-order valence-corrected chi connectivity index (χ2v) is 7.61. The van der Waals surface area contributed by atoms with E-state index in [9.17, 15) is 14.7 Å². The van der Waals surface area contributed by atoms with Crippen LogP contribution in [0.15, 0.2) is 29.2 Å². The predicted molar refractivity (Wildman–Crippen MR) is 104 cm³/mol. The lowest BCUT2D eigenvalue weighted by Crippen LogP contribution is -2.17. The SMILES string of the molecule is Cc1cc(/C=C2\SC(=S)NC2=O)c(C)n1-c1ccc(Cl)c(C(=O)O)c1. The summed E-state index contributed by atoms with van der Waals surface area (Å²) in [5.74, 6) is -1.29. The van der Waals surface area contributed by atoms with Crippen molar-refractivity contribution in [3.05, 3.63) is 56.7 Å². The molecule has 1 aromatic heterocycles. The van der Waals surface area contributed by atoms with Gasteiger partial charge in [-0.25, -0.2) is 4.79 Å². The number of hydrogen-bond acceptors (Lipinski definition) is 4. The summed E-state index contributed by atoms with van der Waals surface area (Å²) in [6.07, 6.45) is 1.78. The topological polar surface area (TPSA) is 71.3 Å². The van der Waals surface area contributed by atoms with Gasteiger partial charge >= 0.3 is 5.97 Å². The molecule has 1 amide bonds. The Kier molecular flexibility index (Phi) is 4.73. The van der Waals surface area contributed by atoms with E-state index in [2.05, 4.69) is 5.32 Å². The summed E-state index contributed by atoms with van der Waals surface area (Å²) in [6, 6.07) is 6.80. The molecule has 1 saturated heterocycles. The van der Waals surface area contributed by atoms with Gasteiger partial charge in [0.05, 0.1) is 15.5 Å². The molecule has 0 atom stereocenters. The van der Waals surface area contributed by atoms with Crippen molar-refractivity contribution in [3.63, 3.8) is 0 Å². The lowest BCUT2D eigenvalue weighted by molar-refractivity contribution is -0.115. The van der Waals surface area contributed by atoms with Gasteiger partial charge in [0, 0.05) is 17.1 Å². The summed E-state index contributed by atoms with van der Waals surface area (Å²) in [7, 11) is 0. The molecule has 2 heterocycles. The monoisotopic (exact) mass is 392 g/mol. The Morgan fingerprint density at radius 2 is 2.08 bits per heavy atom. The van der Waals surface area contributed by atoms with Crippen molar-refractivity contribution in [2.75, 3.05) is 0 Å². The van der Waals surface area contributed by atoms with Gasteiger partial charge in [0.1, 0.15) is 4.32 Å². The predicted octanol–water partition coefficient (Wildman–Crippen LogP) is 3.93. The van der Waals surface area contributed by atoms with Gasteiger partial charge < -0.3 is 15.0 Å². The number of hydrogen-bond donors (Lipinski definition) is 2. The van der Waals surface area contributed by atoms with Gasteiger partial charge in [-0.05, 0) is 49.8 Å². The van der Waals surface area contributed by atoms with E-state index in [-0.39, 0.29) is 16.5 Å². The molecule has 3 rings (SSSR count). The number of benzene rings is 1. The maximum atomic E-state index is 11.8. The first-order chi connectivity index (χ1) is 11.8. The average molecular weight is 393 g/mol. The van der Waals surface area contributed by atoms with E-state index >= 15 is 0 Å². The van der Waals surface area contributed by atoms with E-state index in [1.54, 1.807) is 18.2 Å². The smallest absolute Gasteiger partial charge is 0.337 e. The highest BCUT2D eigenvalue weighted by Gasteiger charge is 2.23. The fourth-order valence-electron chi connectivity index (χ4n) is 2.71. The average Bonchev–Trinajstić information content (AvgIpc) is 2.99. The van der Waals surface area contributed by atoms with Crippen LogP contribution in [0.25, 0.3) is 11.8 Å². The number of carbonyl (C=O) groups is 2. The summed E-state index contributed by atoms with van der Waals surface area (Å²) >= 11 is 12.2. The van der Waals surface area contributed by atoms with Crippen LogP contribution in [0.1, 0.15) is 27.3 Å². The molecule has 0 bridgehead atoms. The van der Waals surface area contributed by atoms with Crippen molar-refractivity contribution in [3.8, 4) is 5.69 Å². The van der Waals surface area contributed by atoms with E-state index in [4.69, 9.17) is 23.8 Å². The van der Waals surface area contributed by atoms with Gasteiger partial charge in [0.2, 0.25) is 0 Å². The molecular formula is C17H13ClN2O3S2. The van der Waals surface area contributed by atoms with E-state index in [0.29, 0.717) is 14.9 Å². The van der Waals surface area contributed by atoms with E-state index in [1.165, 1.54) is 17.8 Å². The van der Waals surface area contributed by atoms with Crippen molar-refractivity contribution in [2.24, 2.45) is 0 Å². The molecule has 8 heteroatoms. The van der Waals surface area contributed by atoms with Crippen molar-refractivity contribution in [1.29, 1.82) is 0 Å². The largest absolute Gasteiger partial charge is 0.478 e. The number of aromatic nitrogens is 1. The third-order valence-corrected chi connectivity index (χ3v) is 5.33. The number of carboxylic acids is 1. The lowest BCUT2D eigenvalue weighted by atomic mass is 10.2. The molecule has 2 aromatic rings. The van der Waals surface area contributed by atoms with Crippen LogP contribution < -0.4 is 5.32 Å². The Morgan fingerprint density at radius 1 is 1.36 bits per heavy atom. The summed E-state index contributed by atoms with van der Waals surface area (Å²) in [4.78, 5) is 23.7. The number of nitrogens with zero attached hydrogens (tertiary/aromatic N) is 1. The Balaban J connectivity index is 2.08. The maximum absolute atomic E-state index is 11.8. The summed E-state index contributed by atoms with van der Waals surface area (Å²) < 4.78 is 2.36. The molecule has 25 heavy (non-hydrogen) atoms. The quantitative estimate of drug-likeness (QED) is 0.611. The van der Waals surface area contributed by atoms with Gasteiger partial charge in [-0.15, -0.1) is 0 Å². The van der Waals surface area contributed by atoms with Crippen LogP contribution in [0.2, 0.25) is 5.02 Å². The molecule has 5 nitrogen and oxygen atoms in total. The van der Waals surface area contributed by atoms with Crippen molar-refractivity contribution >= 4 is 57.9 Å². The fourth-order valence-corrected chi connectivity index (χ4v) is 3.94. The lowest BCUT2D eigenvalue weighted by Gasteiger charge is -2.11. The van der Waals surface area contributed by atoms with Gasteiger partial charge in [-0.1, -0.05) is 35.6 Å². The normalized spacial score (nSPS) is 15.7. The fraction of sp³-hybridized carbons (Fsp3) is 0.118. The molecule has 1 aliphatic rings. The Hall–Kier alpha value is -2.09. The molecule has 0 aliphatic carbocycles. The zero-order chi connectivity index (χ0) is 18.3. The number of rotatable bonds is 3. The molecule has 0 saturated carbocycles. The summed E-state index contributed by atoms with van der Waals surface area (Å²) in [5.41, 5.74) is 3.40. The van der Waals surface area contributed by atoms with E-state index in [1.807, 2.05) is 24.5 Å². The number of aromatic carboxylic acids is 1. The molecule has 1 fully saturated rings. The summed E-state index contributed by atoms with van der Waals surface area (Å²) in [5, 5.41) is 12.0. The minimum Gasteiger partial charge on any atom is -0.478 e. The van der Waals surface area contributed by atoms with Crippen LogP contribution in [0.3, 0.4) is 0 Å². The zero-order valence-corrected chi connectivity index (χ0v) is 15.7. The van der Waals surface area contributed by atoms with Gasteiger partial charge in [-0.3, -0.25) is 4.79 Å². The van der Waals surface area contributed by atoms with Crippen LogP contribution >= 0.6 is 35.6 Å². The highest BCUT2D eigenvalue weighted by molar-refractivity contribution is 8.26. The number of amides is 1. The first-order valence-corrected chi connectivity index (χ1v) is 8.85. The standard InChI is InChI=1S/C17H13ClN2O3S2/c1-8-5-10(6-14-15(21)19-17(24)25-14)9(2)20(8)11-3-4-13(18)12(7-11)16(22)23/h3-7H,1-2H3,(H,22,23)(H,19,21,24)/b14-6-. The van der Waals surface area contributed by atoms with Gasteiger partial charge in [-0.2, -0.15) is 0 Å². The highest BCUT2D eigenvalue weighted by atomic mass is 35.5. The molecule has 0 unspecified atom stereocenters. The number of thioether (sulfide) groups is 1. The zero-order valence-electron chi connectivity index (χ0n) is 13.3. The van der Waals surface area contributed by atoms with Crippen LogP contribution in [-0.4, -0.2) is 25.9 Å². The third kappa shape index (κ3) is 3.35. The van der Waals surface area contributed by atoms with E-state index < -0.39 is 5.97 Å². The van der Waals surface area contributed by atoms with Crippen LogP contribution in [-0.2, 0) is 4.79 Å². The second-order valence-electron chi connectivity index (χ2n) is 5.48. The molecule has 0 radical (unpaired) electrons. The van der Waals surface area contributed by atoms with Crippen molar-refractivity contribution in [2.45, 2.75) is 13.8 Å². The number of aryl methyl sites for hydroxylation is 1. The minimum absolute atomic E-state index is 0.0441. The molecule has 2 N–H and O–H groups in total. The highest BCUT2D eigenvalue weighted by Crippen LogP contribution is 2.30. The molecular weight excluding hydrogens is 380 g/mol. The molecule has 1 aliphatic heterocycles. The van der Waals surface area contributed by atoms with Crippen molar-refractivity contribution in [1.82, 2.24) is 9.88 Å².